The molecule has 3 unspecified atom stereocenters. The Hall–Kier alpha value is -1.07. The molecule has 3 atom stereocenters. The number of piperidine rings is 1. The van der Waals surface area contributed by atoms with E-state index in [9.17, 15) is 0 Å². The summed E-state index contributed by atoms with van der Waals surface area (Å²) in [4.78, 5) is 2.55. The first-order valence-electron chi connectivity index (χ1n) is 7.15. The van der Waals surface area contributed by atoms with Gasteiger partial charge in [-0.05, 0) is 38.6 Å². The molecule has 3 heterocycles. The average molecular weight is 264 g/mol. The van der Waals surface area contributed by atoms with Crippen molar-refractivity contribution in [2.45, 2.75) is 43.8 Å². The van der Waals surface area contributed by atoms with E-state index in [1.807, 2.05) is 11.7 Å². The van der Waals surface area contributed by atoms with Crippen LogP contribution in [0.15, 0.2) is 6.20 Å². The van der Waals surface area contributed by atoms with Gasteiger partial charge in [0.05, 0.1) is 25.0 Å². The minimum Gasteiger partial charge on any atom is -0.493 e. The van der Waals surface area contributed by atoms with E-state index in [4.69, 9.17) is 10.5 Å². The second-order valence-corrected chi connectivity index (χ2v) is 6.03. The molecule has 2 bridgehead atoms. The summed E-state index contributed by atoms with van der Waals surface area (Å²) in [5.74, 6) is 1.36. The topological polar surface area (TPSA) is 56.3 Å². The molecule has 0 amide bonds. The smallest absolute Gasteiger partial charge is 0.161 e. The molecule has 5 heteroatoms. The standard InChI is InChI=1S/C14H24N4O/c1-17-10-4-5-11(17)7-9(6-10)13(15)14-12(19-3)8-16-18(14)2/h8-11,13H,4-7,15H2,1-3H3. The van der Waals surface area contributed by atoms with E-state index in [0.717, 1.165) is 11.4 Å². The summed E-state index contributed by atoms with van der Waals surface area (Å²) < 4.78 is 7.26. The van der Waals surface area contributed by atoms with Crippen LogP contribution in [0.4, 0.5) is 0 Å². The number of fused-ring (bicyclic) bond motifs is 2. The van der Waals surface area contributed by atoms with Crippen molar-refractivity contribution in [2.24, 2.45) is 18.7 Å². The lowest BCUT2D eigenvalue weighted by Gasteiger charge is -2.38. The van der Waals surface area contributed by atoms with Crippen molar-refractivity contribution in [2.75, 3.05) is 14.2 Å². The number of hydrogen-bond acceptors (Lipinski definition) is 4. The van der Waals surface area contributed by atoms with E-state index in [2.05, 4.69) is 17.0 Å². The van der Waals surface area contributed by atoms with E-state index in [1.54, 1.807) is 13.3 Å². The van der Waals surface area contributed by atoms with Crippen LogP contribution in [0.3, 0.4) is 0 Å². The van der Waals surface area contributed by atoms with Gasteiger partial charge >= 0.3 is 0 Å². The van der Waals surface area contributed by atoms with Gasteiger partial charge in [0, 0.05) is 19.1 Å². The van der Waals surface area contributed by atoms with Gasteiger partial charge in [0.1, 0.15) is 0 Å². The summed E-state index contributed by atoms with van der Waals surface area (Å²) in [6, 6.07) is 1.46. The molecule has 0 aliphatic carbocycles. The number of aromatic nitrogens is 2. The number of methoxy groups -OCH3 is 1. The highest BCUT2D eigenvalue weighted by Crippen LogP contribution is 2.42. The number of rotatable bonds is 3. The van der Waals surface area contributed by atoms with Crippen molar-refractivity contribution >= 4 is 0 Å². The number of nitrogens with zero attached hydrogens (tertiary/aromatic N) is 3. The maximum absolute atomic E-state index is 6.53. The maximum atomic E-state index is 6.53. The largest absolute Gasteiger partial charge is 0.493 e. The van der Waals surface area contributed by atoms with Gasteiger partial charge in [0.25, 0.3) is 0 Å². The Morgan fingerprint density at radius 1 is 1.32 bits per heavy atom. The molecule has 19 heavy (non-hydrogen) atoms. The molecule has 2 saturated heterocycles. The predicted molar refractivity (Wildman–Crippen MR) is 74.0 cm³/mol. The summed E-state index contributed by atoms with van der Waals surface area (Å²) >= 11 is 0. The first kappa shape index (κ1) is 12.9. The van der Waals surface area contributed by atoms with Crippen LogP contribution >= 0.6 is 0 Å². The van der Waals surface area contributed by atoms with Crippen LogP contribution in [0, 0.1) is 5.92 Å². The third kappa shape index (κ3) is 2.05. The summed E-state index contributed by atoms with van der Waals surface area (Å²) in [6.45, 7) is 0. The van der Waals surface area contributed by atoms with Crippen molar-refractivity contribution in [3.8, 4) is 5.75 Å². The Bertz CT molecular complexity index is 444. The van der Waals surface area contributed by atoms with Crippen LogP contribution < -0.4 is 10.5 Å². The molecule has 106 valence electrons. The Morgan fingerprint density at radius 3 is 2.53 bits per heavy atom. The molecular weight excluding hydrogens is 240 g/mol. The maximum Gasteiger partial charge on any atom is 0.161 e. The molecule has 0 saturated carbocycles. The SMILES string of the molecule is COc1cnn(C)c1C(N)C1CC2CCC(C1)N2C. The molecule has 0 spiro atoms. The molecule has 0 aromatic carbocycles. The third-order valence-electron chi connectivity index (χ3n) is 5.13. The Balaban J connectivity index is 1.81. The first-order chi connectivity index (χ1) is 9.11. The molecule has 1 aromatic rings. The molecule has 2 aliphatic rings. The monoisotopic (exact) mass is 264 g/mol. The molecule has 1 aromatic heterocycles. The highest BCUT2D eigenvalue weighted by molar-refractivity contribution is 5.28. The van der Waals surface area contributed by atoms with Gasteiger partial charge in [-0.3, -0.25) is 4.68 Å². The molecule has 2 fully saturated rings. The second-order valence-electron chi connectivity index (χ2n) is 6.03. The van der Waals surface area contributed by atoms with Gasteiger partial charge in [-0.25, -0.2) is 0 Å². The zero-order valence-electron chi connectivity index (χ0n) is 12.0. The fraction of sp³-hybridized carbons (Fsp3) is 0.786. The van der Waals surface area contributed by atoms with Gasteiger partial charge in [0.15, 0.2) is 5.75 Å². The van der Waals surface area contributed by atoms with Crippen LogP contribution in [-0.2, 0) is 7.05 Å². The zero-order valence-corrected chi connectivity index (χ0v) is 12.0. The molecule has 2 N–H and O–H groups in total. The highest BCUT2D eigenvalue weighted by atomic mass is 16.5. The average Bonchev–Trinajstić information content (AvgIpc) is 2.84. The molecular formula is C14H24N4O. The van der Waals surface area contributed by atoms with Crippen LogP contribution in [-0.4, -0.2) is 40.9 Å². The minimum absolute atomic E-state index is 0.0271. The summed E-state index contributed by atoms with van der Waals surface area (Å²) in [6.07, 6.45) is 6.81. The summed E-state index contributed by atoms with van der Waals surface area (Å²) in [7, 11) is 5.89. The minimum atomic E-state index is 0.0271. The predicted octanol–water partition coefficient (Wildman–Crippen LogP) is 1.30. The Labute approximate surface area is 114 Å². The van der Waals surface area contributed by atoms with E-state index < -0.39 is 0 Å². The molecule has 3 rings (SSSR count). The van der Waals surface area contributed by atoms with E-state index in [1.165, 1.54) is 25.7 Å². The lowest BCUT2D eigenvalue weighted by atomic mass is 9.84. The van der Waals surface area contributed by atoms with Crippen LogP contribution in [0.5, 0.6) is 5.75 Å². The highest BCUT2D eigenvalue weighted by Gasteiger charge is 2.41. The fourth-order valence-electron chi connectivity index (χ4n) is 3.93. The van der Waals surface area contributed by atoms with Crippen molar-refractivity contribution in [1.29, 1.82) is 0 Å². The van der Waals surface area contributed by atoms with Crippen LogP contribution in [0.25, 0.3) is 0 Å². The van der Waals surface area contributed by atoms with Gasteiger partial charge in [0.2, 0.25) is 0 Å². The van der Waals surface area contributed by atoms with Crippen molar-refractivity contribution in [3.05, 3.63) is 11.9 Å². The Kier molecular flexibility index (Phi) is 3.27. The van der Waals surface area contributed by atoms with Gasteiger partial charge in [-0.15, -0.1) is 0 Å². The fourth-order valence-corrected chi connectivity index (χ4v) is 3.93. The number of aryl methyl sites for hydroxylation is 1. The number of nitrogens with two attached hydrogens (primary N) is 1. The summed E-state index contributed by atoms with van der Waals surface area (Å²) in [5, 5.41) is 4.27. The summed E-state index contributed by atoms with van der Waals surface area (Å²) in [5.41, 5.74) is 7.57. The molecule has 0 radical (unpaired) electrons. The normalized spacial score (nSPS) is 32.5. The first-order valence-corrected chi connectivity index (χ1v) is 7.15. The van der Waals surface area contributed by atoms with Crippen molar-refractivity contribution in [1.82, 2.24) is 14.7 Å². The van der Waals surface area contributed by atoms with Crippen LogP contribution in [0.2, 0.25) is 0 Å². The Morgan fingerprint density at radius 2 is 1.95 bits per heavy atom. The lowest BCUT2D eigenvalue weighted by Crippen LogP contribution is -2.43. The molecule has 5 nitrogen and oxygen atoms in total. The van der Waals surface area contributed by atoms with Gasteiger partial charge in [-0.1, -0.05) is 0 Å². The third-order valence-corrected chi connectivity index (χ3v) is 5.13. The van der Waals surface area contributed by atoms with Crippen LogP contribution in [0.1, 0.15) is 37.4 Å². The van der Waals surface area contributed by atoms with Gasteiger partial charge < -0.3 is 15.4 Å². The quantitative estimate of drug-likeness (QED) is 0.894. The van der Waals surface area contributed by atoms with E-state index in [0.29, 0.717) is 18.0 Å². The lowest BCUT2D eigenvalue weighted by molar-refractivity contribution is 0.118. The van der Waals surface area contributed by atoms with E-state index >= 15 is 0 Å². The van der Waals surface area contributed by atoms with Crippen molar-refractivity contribution in [3.63, 3.8) is 0 Å². The molecule has 2 aliphatic heterocycles. The number of ether oxygens (including phenoxy) is 1. The van der Waals surface area contributed by atoms with Crippen molar-refractivity contribution < 1.29 is 4.74 Å². The number of hydrogen-bond donors (Lipinski definition) is 1. The van der Waals surface area contributed by atoms with E-state index in [-0.39, 0.29) is 6.04 Å². The van der Waals surface area contributed by atoms with Gasteiger partial charge in [-0.2, -0.15) is 5.10 Å². The zero-order chi connectivity index (χ0) is 13.6. The second kappa shape index (κ2) is 4.80.